The van der Waals surface area contributed by atoms with E-state index in [-0.39, 0.29) is 0 Å². The minimum atomic E-state index is -1.01. The van der Waals surface area contributed by atoms with Gasteiger partial charge < -0.3 is 14.7 Å². The molecule has 0 unspecified atom stereocenters. The van der Waals surface area contributed by atoms with E-state index in [9.17, 15) is 4.79 Å². The summed E-state index contributed by atoms with van der Waals surface area (Å²) < 4.78 is 5.06. The minimum absolute atomic E-state index is 0.390. The van der Waals surface area contributed by atoms with Crippen molar-refractivity contribution in [3.05, 3.63) is 34.9 Å². The summed E-state index contributed by atoms with van der Waals surface area (Å²) in [6, 6.07) is 7.40. The fourth-order valence-electron chi connectivity index (χ4n) is 1.79. The van der Waals surface area contributed by atoms with E-state index in [1.807, 2.05) is 11.0 Å². The van der Waals surface area contributed by atoms with Gasteiger partial charge in [0.05, 0.1) is 29.8 Å². The number of hydrogen-bond acceptors (Lipinski definition) is 4. The van der Waals surface area contributed by atoms with Crippen molar-refractivity contribution in [3.8, 4) is 6.07 Å². The zero-order valence-corrected chi connectivity index (χ0v) is 12.5. The SMILES string of the molecule is COCCN(CCC#N)c1ccc(/C=C/C(=O)O)cc1Cl. The number of carboxylic acids is 1. The van der Waals surface area contributed by atoms with E-state index in [2.05, 4.69) is 6.07 Å². The van der Waals surface area contributed by atoms with Crippen LogP contribution in [0.1, 0.15) is 12.0 Å². The third kappa shape index (κ3) is 5.86. The maximum absolute atomic E-state index is 10.5. The van der Waals surface area contributed by atoms with Gasteiger partial charge in [-0.3, -0.25) is 0 Å². The Morgan fingerprint density at radius 3 is 2.86 bits per heavy atom. The van der Waals surface area contributed by atoms with Crippen LogP contribution in [0, 0.1) is 11.3 Å². The first kappa shape index (κ1) is 17.0. The normalized spacial score (nSPS) is 10.5. The molecule has 6 heteroatoms. The highest BCUT2D eigenvalue weighted by Crippen LogP contribution is 2.27. The number of aliphatic carboxylic acids is 1. The number of carbonyl (C=O) groups is 1. The van der Waals surface area contributed by atoms with Gasteiger partial charge in [-0.25, -0.2) is 4.79 Å². The van der Waals surface area contributed by atoms with Crippen molar-refractivity contribution in [2.75, 3.05) is 31.7 Å². The van der Waals surface area contributed by atoms with Crippen LogP contribution in [0.2, 0.25) is 5.02 Å². The van der Waals surface area contributed by atoms with Crippen molar-refractivity contribution >= 4 is 29.3 Å². The van der Waals surface area contributed by atoms with Crippen LogP contribution < -0.4 is 4.90 Å². The largest absolute Gasteiger partial charge is 0.478 e. The van der Waals surface area contributed by atoms with Crippen LogP contribution in [0.25, 0.3) is 6.08 Å². The average molecular weight is 309 g/mol. The standard InChI is InChI=1S/C15H17ClN2O3/c1-21-10-9-18(8-2-7-17)14-5-3-12(11-13(14)16)4-6-15(19)20/h3-6,11H,2,8-10H2,1H3,(H,19,20)/b6-4+. The molecule has 0 saturated heterocycles. The maximum atomic E-state index is 10.5. The molecule has 1 N–H and O–H groups in total. The summed E-state index contributed by atoms with van der Waals surface area (Å²) in [6.07, 6.45) is 2.93. The Morgan fingerprint density at radius 2 is 2.29 bits per heavy atom. The fourth-order valence-corrected chi connectivity index (χ4v) is 2.10. The molecule has 1 rings (SSSR count). The van der Waals surface area contributed by atoms with Gasteiger partial charge in [0.15, 0.2) is 0 Å². The molecule has 0 fully saturated rings. The molecule has 1 aromatic rings. The van der Waals surface area contributed by atoms with E-state index in [0.717, 1.165) is 11.8 Å². The molecule has 0 spiro atoms. The van der Waals surface area contributed by atoms with Gasteiger partial charge in [0.2, 0.25) is 0 Å². The number of nitrogens with zero attached hydrogens (tertiary/aromatic N) is 2. The molecule has 0 heterocycles. The van der Waals surface area contributed by atoms with E-state index in [4.69, 9.17) is 26.7 Å². The van der Waals surface area contributed by atoms with Gasteiger partial charge in [-0.1, -0.05) is 17.7 Å². The molecule has 0 bridgehead atoms. The Morgan fingerprint density at radius 1 is 1.52 bits per heavy atom. The van der Waals surface area contributed by atoms with Crippen LogP contribution in [0.15, 0.2) is 24.3 Å². The van der Waals surface area contributed by atoms with Gasteiger partial charge in [-0.05, 0) is 23.8 Å². The maximum Gasteiger partial charge on any atom is 0.328 e. The molecule has 0 saturated carbocycles. The molecular weight excluding hydrogens is 292 g/mol. The number of rotatable bonds is 8. The van der Waals surface area contributed by atoms with E-state index in [1.54, 1.807) is 19.2 Å². The second-order valence-electron chi connectivity index (χ2n) is 4.27. The lowest BCUT2D eigenvalue weighted by Crippen LogP contribution is -2.28. The monoisotopic (exact) mass is 308 g/mol. The fraction of sp³-hybridized carbons (Fsp3) is 0.333. The van der Waals surface area contributed by atoms with E-state index >= 15 is 0 Å². The van der Waals surface area contributed by atoms with Crippen LogP contribution in [0.4, 0.5) is 5.69 Å². The summed E-state index contributed by atoms with van der Waals surface area (Å²) in [4.78, 5) is 12.5. The summed E-state index contributed by atoms with van der Waals surface area (Å²) in [7, 11) is 1.61. The van der Waals surface area contributed by atoms with Gasteiger partial charge in [0.1, 0.15) is 0 Å². The zero-order valence-electron chi connectivity index (χ0n) is 11.8. The van der Waals surface area contributed by atoms with Crippen LogP contribution in [-0.2, 0) is 9.53 Å². The van der Waals surface area contributed by atoms with Gasteiger partial charge in [-0.15, -0.1) is 0 Å². The van der Waals surface area contributed by atoms with Gasteiger partial charge >= 0.3 is 5.97 Å². The first-order valence-electron chi connectivity index (χ1n) is 6.40. The van der Waals surface area contributed by atoms with Gasteiger partial charge in [0, 0.05) is 26.3 Å². The molecule has 0 amide bonds. The Bertz CT molecular complexity index is 552. The highest BCUT2D eigenvalue weighted by atomic mass is 35.5. The van der Waals surface area contributed by atoms with Crippen LogP contribution in [0.3, 0.4) is 0 Å². The molecule has 0 aliphatic heterocycles. The molecule has 0 aromatic heterocycles. The summed E-state index contributed by atoms with van der Waals surface area (Å²) in [5, 5.41) is 17.8. The van der Waals surface area contributed by atoms with Crippen molar-refractivity contribution in [2.24, 2.45) is 0 Å². The lowest BCUT2D eigenvalue weighted by molar-refractivity contribution is -0.131. The van der Waals surface area contributed by atoms with Crippen molar-refractivity contribution in [1.82, 2.24) is 0 Å². The van der Waals surface area contributed by atoms with Crippen molar-refractivity contribution in [1.29, 1.82) is 5.26 Å². The van der Waals surface area contributed by atoms with Gasteiger partial charge in [0.25, 0.3) is 0 Å². The Labute approximate surface area is 129 Å². The Balaban J connectivity index is 2.93. The molecule has 1 aromatic carbocycles. The topological polar surface area (TPSA) is 73.6 Å². The van der Waals surface area contributed by atoms with Crippen molar-refractivity contribution in [2.45, 2.75) is 6.42 Å². The van der Waals surface area contributed by atoms with Crippen LogP contribution >= 0.6 is 11.6 Å². The van der Waals surface area contributed by atoms with E-state index in [0.29, 0.717) is 36.7 Å². The number of benzene rings is 1. The first-order chi connectivity index (χ1) is 10.1. The number of hydrogen-bond donors (Lipinski definition) is 1. The second kappa shape index (κ2) is 9.01. The third-order valence-electron chi connectivity index (χ3n) is 2.79. The van der Waals surface area contributed by atoms with Crippen molar-refractivity contribution in [3.63, 3.8) is 0 Å². The number of nitriles is 1. The highest BCUT2D eigenvalue weighted by Gasteiger charge is 2.10. The van der Waals surface area contributed by atoms with Gasteiger partial charge in [-0.2, -0.15) is 5.26 Å². The smallest absolute Gasteiger partial charge is 0.328 e. The molecule has 112 valence electrons. The van der Waals surface area contributed by atoms with Crippen LogP contribution in [0.5, 0.6) is 0 Å². The average Bonchev–Trinajstić information content (AvgIpc) is 2.46. The molecule has 0 aliphatic rings. The first-order valence-corrected chi connectivity index (χ1v) is 6.77. The lowest BCUT2D eigenvalue weighted by Gasteiger charge is -2.24. The summed E-state index contributed by atoms with van der Waals surface area (Å²) >= 11 is 6.25. The Kier molecular flexibility index (Phi) is 7.30. The number of carboxylic acid groups (broad SMARTS) is 1. The zero-order chi connectivity index (χ0) is 15.7. The molecular formula is C15H17ClN2O3. The summed E-state index contributed by atoms with van der Waals surface area (Å²) in [6.45, 7) is 1.72. The number of anilines is 1. The second-order valence-corrected chi connectivity index (χ2v) is 4.68. The van der Waals surface area contributed by atoms with Crippen LogP contribution in [-0.4, -0.2) is 37.9 Å². The quantitative estimate of drug-likeness (QED) is 0.748. The summed E-state index contributed by atoms with van der Waals surface area (Å²) in [5.74, 6) is -1.01. The predicted octanol–water partition coefficient (Wildman–Crippen LogP) is 2.80. The molecule has 21 heavy (non-hydrogen) atoms. The van der Waals surface area contributed by atoms with Crippen molar-refractivity contribution < 1.29 is 14.6 Å². The molecule has 5 nitrogen and oxygen atoms in total. The van der Waals surface area contributed by atoms with E-state index < -0.39 is 5.97 Å². The third-order valence-corrected chi connectivity index (χ3v) is 3.09. The Hall–Kier alpha value is -2.03. The number of methoxy groups -OCH3 is 1. The predicted molar refractivity (Wildman–Crippen MR) is 82.4 cm³/mol. The highest BCUT2D eigenvalue weighted by molar-refractivity contribution is 6.33. The number of ether oxygens (including phenoxy) is 1. The molecule has 0 atom stereocenters. The minimum Gasteiger partial charge on any atom is -0.478 e. The molecule has 0 radical (unpaired) electrons. The molecule has 0 aliphatic carbocycles. The number of halogens is 1. The van der Waals surface area contributed by atoms with E-state index in [1.165, 1.54) is 6.08 Å². The summed E-state index contributed by atoms with van der Waals surface area (Å²) in [5.41, 5.74) is 1.51. The lowest BCUT2D eigenvalue weighted by atomic mass is 10.1.